The number of hydrogen-bond donors (Lipinski definition) is 0. The molecule has 2 nitrogen and oxygen atoms in total. The molecule has 0 N–H and O–H groups in total. The van der Waals surface area contributed by atoms with Gasteiger partial charge in [0.2, 0.25) is 0 Å². The lowest BCUT2D eigenvalue weighted by Gasteiger charge is -2.10. The Labute approximate surface area is 93.6 Å². The van der Waals surface area contributed by atoms with Gasteiger partial charge in [0.15, 0.2) is 11.6 Å². The predicted molar refractivity (Wildman–Crippen MR) is 62.7 cm³/mol. The zero-order chi connectivity index (χ0) is 11.5. The predicted octanol–water partition coefficient (Wildman–Crippen LogP) is 2.33. The quantitative estimate of drug-likeness (QED) is 0.702. The summed E-state index contributed by atoms with van der Waals surface area (Å²) in [5.41, 5.74) is 1.81. The number of benzene rings is 1. The average Bonchev–Trinajstić information content (AvgIpc) is 2.32. The minimum Gasteiger partial charge on any atom is -0.290 e. The molecule has 1 aliphatic rings. The van der Waals surface area contributed by atoms with Crippen molar-refractivity contribution in [2.45, 2.75) is 0 Å². The number of hydrogen-bond acceptors (Lipinski definition) is 2. The maximum atomic E-state index is 11.6. The van der Waals surface area contributed by atoms with E-state index in [-0.39, 0.29) is 11.6 Å². The first kappa shape index (κ1) is 10.3. The fourth-order valence-corrected chi connectivity index (χ4v) is 1.54. The molecule has 0 atom stereocenters. The Morgan fingerprint density at radius 1 is 1.00 bits per heavy atom. The van der Waals surface area contributed by atoms with Crippen molar-refractivity contribution in [1.29, 1.82) is 0 Å². The zero-order valence-corrected chi connectivity index (χ0v) is 8.64. The molecule has 0 aliphatic heterocycles. The first-order chi connectivity index (χ1) is 7.68. The van der Waals surface area contributed by atoms with Crippen molar-refractivity contribution >= 4 is 17.1 Å². The molecule has 0 bridgehead atoms. The van der Waals surface area contributed by atoms with Gasteiger partial charge in [-0.2, -0.15) is 0 Å². The van der Waals surface area contributed by atoms with Crippen molar-refractivity contribution in [3.8, 4) is 0 Å². The third kappa shape index (κ3) is 1.91. The minimum absolute atomic E-state index is 0.173. The summed E-state index contributed by atoms with van der Waals surface area (Å²) in [7, 11) is 0. The van der Waals surface area contributed by atoms with Crippen LogP contribution in [0.15, 0.2) is 60.7 Å². The van der Waals surface area contributed by atoms with Crippen molar-refractivity contribution in [2.24, 2.45) is 0 Å². The fraction of sp³-hybridized carbons (Fsp3) is 0. The van der Waals surface area contributed by atoms with Gasteiger partial charge in [0.05, 0.1) is 0 Å². The first-order valence-electron chi connectivity index (χ1n) is 4.91. The van der Waals surface area contributed by atoms with Crippen molar-refractivity contribution in [1.82, 2.24) is 0 Å². The molecule has 0 heterocycles. The summed E-state index contributed by atoms with van der Waals surface area (Å²) in [6.07, 6.45) is 3.88. The Morgan fingerprint density at radius 2 is 1.69 bits per heavy atom. The van der Waals surface area contributed by atoms with Gasteiger partial charge in [0.1, 0.15) is 0 Å². The number of rotatable bonds is 2. The van der Waals surface area contributed by atoms with Gasteiger partial charge in [-0.15, -0.1) is 0 Å². The molecule has 0 unspecified atom stereocenters. The molecule has 0 saturated heterocycles. The standard InChI is InChI=1S/C14H10O2/c1-10(11-5-3-2-4-6-11)13-9-12(15)7-8-14(13)16/h2-9H,1H2. The molecule has 0 fully saturated rings. The highest BCUT2D eigenvalue weighted by Crippen LogP contribution is 2.23. The van der Waals surface area contributed by atoms with Crippen LogP contribution in [0.3, 0.4) is 0 Å². The Balaban J connectivity index is 2.36. The second kappa shape index (κ2) is 4.11. The molecular formula is C14H10O2. The van der Waals surface area contributed by atoms with Crippen LogP contribution in [0.1, 0.15) is 5.56 Å². The molecule has 0 aromatic heterocycles. The highest BCUT2D eigenvalue weighted by molar-refractivity contribution is 6.24. The molecule has 78 valence electrons. The van der Waals surface area contributed by atoms with Gasteiger partial charge in [-0.25, -0.2) is 0 Å². The largest absolute Gasteiger partial charge is 0.290 e. The van der Waals surface area contributed by atoms with Gasteiger partial charge in [-0.1, -0.05) is 36.9 Å². The molecule has 16 heavy (non-hydrogen) atoms. The van der Waals surface area contributed by atoms with E-state index in [0.717, 1.165) is 5.56 Å². The maximum Gasteiger partial charge on any atom is 0.186 e. The van der Waals surface area contributed by atoms with Gasteiger partial charge < -0.3 is 0 Å². The van der Waals surface area contributed by atoms with Gasteiger partial charge in [-0.3, -0.25) is 9.59 Å². The molecule has 0 radical (unpaired) electrons. The second-order valence-corrected chi connectivity index (χ2v) is 3.50. The van der Waals surface area contributed by atoms with E-state index in [9.17, 15) is 9.59 Å². The van der Waals surface area contributed by atoms with E-state index in [1.54, 1.807) is 0 Å². The van der Waals surface area contributed by atoms with E-state index in [1.165, 1.54) is 18.2 Å². The molecule has 0 amide bonds. The van der Waals surface area contributed by atoms with Crippen LogP contribution in [-0.4, -0.2) is 11.6 Å². The van der Waals surface area contributed by atoms with Gasteiger partial charge >= 0.3 is 0 Å². The summed E-state index contributed by atoms with van der Waals surface area (Å²) < 4.78 is 0. The number of ketones is 2. The molecule has 0 saturated carbocycles. The summed E-state index contributed by atoms with van der Waals surface area (Å²) in [5, 5.41) is 0. The normalized spacial score (nSPS) is 14.9. The zero-order valence-electron chi connectivity index (χ0n) is 8.64. The van der Waals surface area contributed by atoms with E-state index in [0.29, 0.717) is 11.1 Å². The Kier molecular flexibility index (Phi) is 2.64. The highest BCUT2D eigenvalue weighted by Gasteiger charge is 2.16. The first-order valence-corrected chi connectivity index (χ1v) is 4.91. The number of allylic oxidation sites excluding steroid dienone is 5. The Hall–Kier alpha value is -2.22. The summed E-state index contributed by atoms with van der Waals surface area (Å²) in [5.74, 6) is -0.347. The van der Waals surface area contributed by atoms with E-state index in [1.807, 2.05) is 30.3 Å². The molecule has 1 aromatic rings. The minimum atomic E-state index is -0.174. The van der Waals surface area contributed by atoms with Crippen molar-refractivity contribution < 1.29 is 9.59 Å². The van der Waals surface area contributed by atoms with E-state index in [4.69, 9.17) is 0 Å². The van der Waals surface area contributed by atoms with Crippen LogP contribution >= 0.6 is 0 Å². The number of carbonyl (C=O) groups is 2. The highest BCUT2D eigenvalue weighted by atomic mass is 16.1. The summed E-state index contributed by atoms with van der Waals surface area (Å²) in [6.45, 7) is 3.86. The van der Waals surface area contributed by atoms with Crippen molar-refractivity contribution in [3.05, 3.63) is 66.3 Å². The smallest absolute Gasteiger partial charge is 0.186 e. The van der Waals surface area contributed by atoms with Crippen LogP contribution in [-0.2, 0) is 9.59 Å². The molecular weight excluding hydrogens is 200 g/mol. The lowest BCUT2D eigenvalue weighted by atomic mass is 9.92. The van der Waals surface area contributed by atoms with E-state index in [2.05, 4.69) is 6.58 Å². The maximum absolute atomic E-state index is 11.6. The van der Waals surface area contributed by atoms with Gasteiger partial charge in [0.25, 0.3) is 0 Å². The number of carbonyl (C=O) groups excluding carboxylic acids is 2. The molecule has 2 rings (SSSR count). The van der Waals surface area contributed by atoms with Crippen LogP contribution < -0.4 is 0 Å². The SMILES string of the molecule is C=C(C1=CC(=O)C=CC1=O)c1ccccc1. The van der Waals surface area contributed by atoms with Crippen LogP contribution in [0.2, 0.25) is 0 Å². The van der Waals surface area contributed by atoms with Crippen LogP contribution in [0.4, 0.5) is 0 Å². The summed E-state index contributed by atoms with van der Waals surface area (Å²) in [4.78, 5) is 22.8. The molecule has 0 spiro atoms. The second-order valence-electron chi connectivity index (χ2n) is 3.50. The summed E-state index contributed by atoms with van der Waals surface area (Å²) in [6, 6.07) is 9.34. The van der Waals surface area contributed by atoms with Gasteiger partial charge in [-0.05, 0) is 29.4 Å². The monoisotopic (exact) mass is 210 g/mol. The Morgan fingerprint density at radius 3 is 2.38 bits per heavy atom. The van der Waals surface area contributed by atoms with Crippen LogP contribution in [0.5, 0.6) is 0 Å². The van der Waals surface area contributed by atoms with Crippen molar-refractivity contribution in [2.75, 3.05) is 0 Å². The fourth-order valence-electron chi connectivity index (χ4n) is 1.54. The lowest BCUT2D eigenvalue weighted by Crippen LogP contribution is -2.08. The third-order valence-corrected chi connectivity index (χ3v) is 2.40. The van der Waals surface area contributed by atoms with Crippen molar-refractivity contribution in [3.63, 3.8) is 0 Å². The average molecular weight is 210 g/mol. The molecule has 1 aromatic carbocycles. The van der Waals surface area contributed by atoms with Crippen LogP contribution in [0.25, 0.3) is 5.57 Å². The Bertz CT molecular complexity index is 519. The van der Waals surface area contributed by atoms with Gasteiger partial charge in [0, 0.05) is 5.57 Å². The summed E-state index contributed by atoms with van der Waals surface area (Å²) >= 11 is 0. The van der Waals surface area contributed by atoms with E-state index >= 15 is 0 Å². The molecule has 2 heteroatoms. The van der Waals surface area contributed by atoms with Crippen LogP contribution in [0, 0.1) is 0 Å². The third-order valence-electron chi connectivity index (χ3n) is 2.40. The van der Waals surface area contributed by atoms with E-state index < -0.39 is 0 Å². The molecule has 1 aliphatic carbocycles. The lowest BCUT2D eigenvalue weighted by molar-refractivity contribution is -0.114. The topological polar surface area (TPSA) is 34.1 Å².